The van der Waals surface area contributed by atoms with Gasteiger partial charge in [0.25, 0.3) is 0 Å². The number of benzene rings is 1. The summed E-state index contributed by atoms with van der Waals surface area (Å²) in [7, 11) is 0. The van der Waals surface area contributed by atoms with E-state index in [1.54, 1.807) is 0 Å². The van der Waals surface area contributed by atoms with Crippen LogP contribution in [0.25, 0.3) is 0 Å². The number of rotatable bonds is 5. The molecule has 1 heterocycles. The van der Waals surface area contributed by atoms with E-state index in [0.717, 1.165) is 17.2 Å². The van der Waals surface area contributed by atoms with Gasteiger partial charge in [0, 0.05) is 12.7 Å². The van der Waals surface area contributed by atoms with Crippen molar-refractivity contribution in [2.75, 3.05) is 26.6 Å². The van der Waals surface area contributed by atoms with E-state index in [1.807, 2.05) is 25.1 Å². The number of ether oxygens (including phenoxy) is 4. The molecule has 0 radical (unpaired) electrons. The van der Waals surface area contributed by atoms with Crippen molar-refractivity contribution in [1.29, 1.82) is 0 Å². The van der Waals surface area contributed by atoms with Gasteiger partial charge in [-0.1, -0.05) is 0 Å². The Morgan fingerprint density at radius 2 is 2.07 bits per heavy atom. The number of fused-ring (bicyclic) bond motifs is 1. The summed E-state index contributed by atoms with van der Waals surface area (Å²) in [4.78, 5) is 0. The zero-order valence-corrected chi connectivity index (χ0v) is 8.69. The molecule has 0 amide bonds. The van der Waals surface area contributed by atoms with E-state index in [4.69, 9.17) is 18.9 Å². The molecule has 1 aliphatic heterocycles. The molecule has 0 N–H and O–H groups in total. The molecule has 0 aromatic heterocycles. The Morgan fingerprint density at radius 3 is 2.93 bits per heavy atom. The van der Waals surface area contributed by atoms with Crippen LogP contribution >= 0.6 is 0 Å². The maximum absolute atomic E-state index is 5.47. The zero-order valence-electron chi connectivity index (χ0n) is 8.69. The summed E-state index contributed by atoms with van der Waals surface area (Å²) in [6.45, 7) is 4.11. The summed E-state index contributed by atoms with van der Waals surface area (Å²) < 4.78 is 21.1. The maximum Gasteiger partial charge on any atom is 0.231 e. The first-order chi connectivity index (χ1) is 7.40. The summed E-state index contributed by atoms with van der Waals surface area (Å²) >= 11 is 0. The first-order valence-corrected chi connectivity index (χ1v) is 5.00. The van der Waals surface area contributed by atoms with E-state index in [0.29, 0.717) is 19.8 Å². The molecule has 0 fully saturated rings. The molecule has 0 spiro atoms. The van der Waals surface area contributed by atoms with Crippen LogP contribution < -0.4 is 14.2 Å². The average Bonchev–Trinajstić information content (AvgIpc) is 2.71. The molecule has 4 heteroatoms. The largest absolute Gasteiger partial charge is 0.491 e. The Hall–Kier alpha value is -1.42. The van der Waals surface area contributed by atoms with Gasteiger partial charge in [0.2, 0.25) is 6.79 Å². The number of hydrogen-bond acceptors (Lipinski definition) is 4. The van der Waals surface area contributed by atoms with Crippen molar-refractivity contribution >= 4 is 0 Å². The summed E-state index contributed by atoms with van der Waals surface area (Å²) in [5, 5.41) is 0. The van der Waals surface area contributed by atoms with E-state index in [9.17, 15) is 0 Å². The Labute approximate surface area is 88.7 Å². The highest BCUT2D eigenvalue weighted by Gasteiger charge is 2.13. The van der Waals surface area contributed by atoms with Gasteiger partial charge >= 0.3 is 0 Å². The van der Waals surface area contributed by atoms with Gasteiger partial charge in [0.05, 0.1) is 6.61 Å². The van der Waals surface area contributed by atoms with Crippen LogP contribution in [0, 0.1) is 0 Å². The van der Waals surface area contributed by atoms with Crippen LogP contribution in [0.5, 0.6) is 17.2 Å². The Balaban J connectivity index is 1.87. The second-order valence-corrected chi connectivity index (χ2v) is 3.06. The van der Waals surface area contributed by atoms with Gasteiger partial charge in [0.15, 0.2) is 11.5 Å². The zero-order chi connectivity index (χ0) is 10.5. The van der Waals surface area contributed by atoms with Crippen molar-refractivity contribution in [3.05, 3.63) is 18.2 Å². The maximum atomic E-state index is 5.47. The van der Waals surface area contributed by atoms with Crippen molar-refractivity contribution in [3.8, 4) is 17.2 Å². The second-order valence-electron chi connectivity index (χ2n) is 3.06. The Kier molecular flexibility index (Phi) is 3.29. The van der Waals surface area contributed by atoms with E-state index in [-0.39, 0.29) is 6.79 Å². The minimum Gasteiger partial charge on any atom is -0.491 e. The molecule has 0 bridgehead atoms. The highest BCUT2D eigenvalue weighted by molar-refractivity contribution is 5.46. The molecule has 82 valence electrons. The topological polar surface area (TPSA) is 36.9 Å². The quantitative estimate of drug-likeness (QED) is 0.695. The normalized spacial score (nSPS) is 12.9. The van der Waals surface area contributed by atoms with E-state index in [1.165, 1.54) is 0 Å². The van der Waals surface area contributed by atoms with Crippen LogP contribution in [0.15, 0.2) is 18.2 Å². The fourth-order valence-electron chi connectivity index (χ4n) is 1.33. The molecule has 15 heavy (non-hydrogen) atoms. The van der Waals surface area contributed by atoms with Crippen LogP contribution in [-0.4, -0.2) is 26.6 Å². The highest BCUT2D eigenvalue weighted by Crippen LogP contribution is 2.34. The molecule has 0 saturated carbocycles. The van der Waals surface area contributed by atoms with Crippen LogP contribution in [0.4, 0.5) is 0 Å². The van der Waals surface area contributed by atoms with Crippen molar-refractivity contribution < 1.29 is 18.9 Å². The van der Waals surface area contributed by atoms with Crippen LogP contribution in [-0.2, 0) is 4.74 Å². The monoisotopic (exact) mass is 210 g/mol. The number of hydrogen-bond donors (Lipinski definition) is 0. The predicted molar refractivity (Wildman–Crippen MR) is 54.6 cm³/mol. The molecular weight excluding hydrogens is 196 g/mol. The third-order valence-corrected chi connectivity index (χ3v) is 2.04. The van der Waals surface area contributed by atoms with E-state index >= 15 is 0 Å². The lowest BCUT2D eigenvalue weighted by molar-refractivity contribution is 0.110. The van der Waals surface area contributed by atoms with E-state index in [2.05, 4.69) is 0 Å². The van der Waals surface area contributed by atoms with Crippen molar-refractivity contribution in [2.45, 2.75) is 6.92 Å². The molecule has 2 rings (SSSR count). The summed E-state index contributed by atoms with van der Waals surface area (Å²) in [5.41, 5.74) is 0. The first-order valence-electron chi connectivity index (χ1n) is 5.00. The second kappa shape index (κ2) is 4.89. The fraction of sp³-hybridized carbons (Fsp3) is 0.455. The van der Waals surface area contributed by atoms with Crippen LogP contribution in [0.1, 0.15) is 6.92 Å². The molecular formula is C11H14O4. The lowest BCUT2D eigenvalue weighted by Crippen LogP contribution is -2.06. The molecule has 1 aliphatic rings. The summed E-state index contributed by atoms with van der Waals surface area (Å²) in [6, 6.07) is 5.53. The molecule has 0 aliphatic carbocycles. The van der Waals surface area contributed by atoms with E-state index < -0.39 is 0 Å². The molecule has 0 saturated heterocycles. The summed E-state index contributed by atoms with van der Waals surface area (Å²) in [5.74, 6) is 2.29. The average molecular weight is 210 g/mol. The van der Waals surface area contributed by atoms with Gasteiger partial charge in [-0.3, -0.25) is 0 Å². The SMILES string of the molecule is CCOCCOc1ccc2c(c1)OCO2. The fourth-order valence-corrected chi connectivity index (χ4v) is 1.33. The van der Waals surface area contributed by atoms with Gasteiger partial charge < -0.3 is 18.9 Å². The van der Waals surface area contributed by atoms with Gasteiger partial charge in [-0.2, -0.15) is 0 Å². The highest BCUT2D eigenvalue weighted by atomic mass is 16.7. The third-order valence-electron chi connectivity index (χ3n) is 2.04. The standard InChI is InChI=1S/C11H14O4/c1-2-12-5-6-13-9-3-4-10-11(7-9)15-8-14-10/h3-4,7H,2,5-6,8H2,1H3. The molecule has 0 unspecified atom stereocenters. The summed E-state index contributed by atoms with van der Waals surface area (Å²) in [6.07, 6.45) is 0. The van der Waals surface area contributed by atoms with Gasteiger partial charge in [-0.25, -0.2) is 0 Å². The molecule has 4 nitrogen and oxygen atoms in total. The lowest BCUT2D eigenvalue weighted by atomic mass is 10.3. The smallest absolute Gasteiger partial charge is 0.231 e. The lowest BCUT2D eigenvalue weighted by Gasteiger charge is -2.06. The molecule has 1 aromatic rings. The minimum atomic E-state index is 0.289. The third kappa shape index (κ3) is 2.53. The van der Waals surface area contributed by atoms with Crippen LogP contribution in [0.3, 0.4) is 0 Å². The van der Waals surface area contributed by atoms with Crippen LogP contribution in [0.2, 0.25) is 0 Å². The van der Waals surface area contributed by atoms with Gasteiger partial charge in [-0.15, -0.1) is 0 Å². The van der Waals surface area contributed by atoms with Gasteiger partial charge in [0.1, 0.15) is 12.4 Å². The minimum absolute atomic E-state index is 0.289. The molecule has 1 aromatic carbocycles. The Morgan fingerprint density at radius 1 is 1.20 bits per heavy atom. The van der Waals surface area contributed by atoms with Crippen molar-refractivity contribution in [3.63, 3.8) is 0 Å². The van der Waals surface area contributed by atoms with Gasteiger partial charge in [-0.05, 0) is 19.1 Å². The van der Waals surface area contributed by atoms with Crippen molar-refractivity contribution in [2.24, 2.45) is 0 Å². The molecule has 0 atom stereocenters. The Bertz CT molecular complexity index is 324. The predicted octanol–water partition coefficient (Wildman–Crippen LogP) is 1.83. The first kappa shape index (κ1) is 10.1. The van der Waals surface area contributed by atoms with Crippen molar-refractivity contribution in [1.82, 2.24) is 0 Å².